The van der Waals surface area contributed by atoms with Gasteiger partial charge in [-0.15, -0.1) is 0 Å². The fourth-order valence-electron chi connectivity index (χ4n) is 2.13. The third kappa shape index (κ3) is 6.55. The second-order valence-electron chi connectivity index (χ2n) is 5.43. The summed E-state index contributed by atoms with van der Waals surface area (Å²) in [6.07, 6.45) is 1.02. The summed E-state index contributed by atoms with van der Waals surface area (Å²) in [4.78, 5) is 21.6. The van der Waals surface area contributed by atoms with Crippen LogP contribution in [0.3, 0.4) is 0 Å². The Morgan fingerprint density at radius 1 is 1.12 bits per heavy atom. The molecule has 8 heteroatoms. The van der Waals surface area contributed by atoms with Gasteiger partial charge < -0.3 is 4.74 Å². The van der Waals surface area contributed by atoms with Crippen LogP contribution in [0.1, 0.15) is 61.4 Å². The summed E-state index contributed by atoms with van der Waals surface area (Å²) < 4.78 is 43.2. The number of hydrogen-bond donors (Lipinski definition) is 0. The molecule has 0 fully saturated rings. The van der Waals surface area contributed by atoms with Gasteiger partial charge in [0.2, 0.25) is 0 Å². The van der Waals surface area contributed by atoms with Crippen molar-refractivity contribution in [2.45, 2.75) is 51.6 Å². The van der Waals surface area contributed by atoms with Gasteiger partial charge >= 0.3 is 12.1 Å². The van der Waals surface area contributed by atoms with Gasteiger partial charge in [0.05, 0.1) is 22.7 Å². The van der Waals surface area contributed by atoms with Gasteiger partial charge in [0.15, 0.2) is 0 Å². The molecule has 1 aromatic carbocycles. The Labute approximate surface area is 138 Å². The largest absolute Gasteiger partial charge is 0.462 e. The molecule has 1 rings (SSSR count). The summed E-state index contributed by atoms with van der Waals surface area (Å²) in [5.41, 5.74) is -2.51. The zero-order valence-electron chi connectivity index (χ0n) is 13.4. The molecule has 5 nitrogen and oxygen atoms in total. The Morgan fingerprint density at radius 2 is 1.75 bits per heavy atom. The van der Waals surface area contributed by atoms with Gasteiger partial charge in [-0.1, -0.05) is 39.0 Å². The fourth-order valence-corrected chi connectivity index (χ4v) is 2.13. The number of unbranched alkanes of at least 4 members (excludes halogenated alkanes) is 5. The second-order valence-corrected chi connectivity index (χ2v) is 5.43. The third-order valence-corrected chi connectivity index (χ3v) is 3.42. The number of benzene rings is 1. The number of nitro benzene ring substituents is 1. The van der Waals surface area contributed by atoms with E-state index in [-0.39, 0.29) is 6.61 Å². The van der Waals surface area contributed by atoms with E-state index in [4.69, 9.17) is 4.74 Å². The molecule has 0 aliphatic carbocycles. The molecule has 0 unspecified atom stereocenters. The lowest BCUT2D eigenvalue weighted by Gasteiger charge is -2.09. The number of carbonyl (C=O) groups is 1. The van der Waals surface area contributed by atoms with Crippen LogP contribution in [0.25, 0.3) is 0 Å². The Hall–Kier alpha value is -2.12. The smallest absolute Gasteiger partial charge is 0.416 e. The summed E-state index contributed by atoms with van der Waals surface area (Å²) >= 11 is 0. The maximum Gasteiger partial charge on any atom is 0.416 e. The highest BCUT2D eigenvalue weighted by atomic mass is 19.4. The van der Waals surface area contributed by atoms with Gasteiger partial charge in [-0.2, -0.15) is 13.2 Å². The Bertz CT molecular complexity index is 573. The zero-order valence-corrected chi connectivity index (χ0v) is 13.4. The Kier molecular flexibility index (Phi) is 7.67. The number of nitrogens with zero attached hydrogens (tertiary/aromatic N) is 1. The molecule has 0 aliphatic rings. The van der Waals surface area contributed by atoms with E-state index in [2.05, 4.69) is 6.92 Å². The molecule has 0 amide bonds. The number of non-ortho nitro benzene ring substituents is 1. The summed E-state index contributed by atoms with van der Waals surface area (Å²) in [5.74, 6) is -0.988. The van der Waals surface area contributed by atoms with E-state index in [1.807, 2.05) is 0 Å². The van der Waals surface area contributed by atoms with Crippen LogP contribution in [0.2, 0.25) is 0 Å². The summed E-state index contributed by atoms with van der Waals surface area (Å²) in [7, 11) is 0. The molecule has 0 aliphatic heterocycles. The third-order valence-electron chi connectivity index (χ3n) is 3.42. The van der Waals surface area contributed by atoms with Crippen LogP contribution < -0.4 is 0 Å². The highest BCUT2D eigenvalue weighted by Gasteiger charge is 2.33. The van der Waals surface area contributed by atoms with Crippen molar-refractivity contribution >= 4 is 11.7 Å². The molecule has 0 spiro atoms. The predicted molar refractivity (Wildman–Crippen MR) is 81.8 cm³/mol. The van der Waals surface area contributed by atoms with Crippen molar-refractivity contribution in [2.24, 2.45) is 0 Å². The van der Waals surface area contributed by atoms with Crippen molar-refractivity contribution < 1.29 is 27.6 Å². The molecule has 0 bridgehead atoms. The molecule has 0 saturated carbocycles. The van der Waals surface area contributed by atoms with E-state index < -0.39 is 33.9 Å². The number of rotatable bonds is 9. The van der Waals surface area contributed by atoms with E-state index in [0.717, 1.165) is 38.2 Å². The van der Waals surface area contributed by atoms with Crippen LogP contribution >= 0.6 is 0 Å². The highest BCUT2D eigenvalue weighted by Crippen LogP contribution is 2.32. The second kappa shape index (κ2) is 9.24. The SMILES string of the molecule is CCCCCCCCOC(=O)c1cc([N+](=O)[O-])cc(C(F)(F)F)c1. The quantitative estimate of drug-likeness (QED) is 0.269. The fraction of sp³-hybridized carbons (Fsp3) is 0.562. The van der Waals surface area contributed by atoms with Gasteiger partial charge in [0.1, 0.15) is 0 Å². The monoisotopic (exact) mass is 347 g/mol. The van der Waals surface area contributed by atoms with Crippen molar-refractivity contribution in [1.29, 1.82) is 0 Å². The van der Waals surface area contributed by atoms with Gasteiger partial charge in [-0.3, -0.25) is 10.1 Å². The number of hydrogen-bond acceptors (Lipinski definition) is 4. The number of halogens is 3. The van der Waals surface area contributed by atoms with Crippen LogP contribution in [-0.2, 0) is 10.9 Å². The van der Waals surface area contributed by atoms with E-state index >= 15 is 0 Å². The molecule has 0 saturated heterocycles. The molecule has 0 aromatic heterocycles. The lowest BCUT2D eigenvalue weighted by atomic mass is 10.1. The molecule has 0 N–H and O–H groups in total. The first-order chi connectivity index (χ1) is 11.3. The molecule has 1 aromatic rings. The molecule has 0 heterocycles. The number of carbonyl (C=O) groups excluding carboxylic acids is 1. The lowest BCUT2D eigenvalue weighted by Crippen LogP contribution is -2.11. The van der Waals surface area contributed by atoms with Crippen molar-refractivity contribution in [3.05, 3.63) is 39.4 Å². The minimum Gasteiger partial charge on any atom is -0.462 e. The van der Waals surface area contributed by atoms with E-state index in [9.17, 15) is 28.1 Å². The topological polar surface area (TPSA) is 69.4 Å². The molecular weight excluding hydrogens is 327 g/mol. The first kappa shape index (κ1) is 19.9. The number of esters is 1. The average Bonchev–Trinajstić information content (AvgIpc) is 2.52. The Morgan fingerprint density at radius 3 is 2.33 bits per heavy atom. The van der Waals surface area contributed by atoms with Gasteiger partial charge in [0, 0.05) is 12.1 Å². The summed E-state index contributed by atoms with van der Waals surface area (Å²) in [6.45, 7) is 2.17. The molecule has 0 radical (unpaired) electrons. The number of ether oxygens (including phenoxy) is 1. The molecule has 0 atom stereocenters. The summed E-state index contributed by atoms with van der Waals surface area (Å²) in [6, 6.07) is 1.75. The van der Waals surface area contributed by atoms with Crippen molar-refractivity contribution in [2.75, 3.05) is 6.61 Å². The van der Waals surface area contributed by atoms with Crippen LogP contribution in [0.15, 0.2) is 18.2 Å². The maximum atomic E-state index is 12.8. The van der Waals surface area contributed by atoms with Crippen LogP contribution in [0, 0.1) is 10.1 Å². The zero-order chi connectivity index (χ0) is 18.2. The van der Waals surface area contributed by atoms with Crippen molar-refractivity contribution in [3.8, 4) is 0 Å². The average molecular weight is 347 g/mol. The molecular formula is C16H20F3NO4. The minimum atomic E-state index is -4.78. The first-order valence-corrected chi connectivity index (χ1v) is 7.79. The maximum absolute atomic E-state index is 12.8. The lowest BCUT2D eigenvalue weighted by molar-refractivity contribution is -0.385. The normalized spacial score (nSPS) is 11.3. The summed E-state index contributed by atoms with van der Waals surface area (Å²) in [5, 5.41) is 10.7. The van der Waals surface area contributed by atoms with E-state index in [1.54, 1.807) is 0 Å². The Balaban J connectivity index is 2.66. The van der Waals surface area contributed by atoms with Crippen molar-refractivity contribution in [1.82, 2.24) is 0 Å². The number of nitro groups is 1. The highest BCUT2D eigenvalue weighted by molar-refractivity contribution is 5.90. The minimum absolute atomic E-state index is 0.0784. The number of alkyl halides is 3. The van der Waals surface area contributed by atoms with Crippen LogP contribution in [0.4, 0.5) is 18.9 Å². The van der Waals surface area contributed by atoms with Crippen molar-refractivity contribution in [3.63, 3.8) is 0 Å². The van der Waals surface area contributed by atoms with E-state index in [1.165, 1.54) is 0 Å². The van der Waals surface area contributed by atoms with Gasteiger partial charge in [0.25, 0.3) is 5.69 Å². The van der Waals surface area contributed by atoms with Gasteiger partial charge in [-0.25, -0.2) is 4.79 Å². The standard InChI is InChI=1S/C16H20F3NO4/c1-2-3-4-5-6-7-8-24-15(21)12-9-13(16(17,18)19)11-14(10-12)20(22)23/h9-11H,2-8H2,1H3. The first-order valence-electron chi connectivity index (χ1n) is 7.79. The van der Waals surface area contributed by atoms with Crippen LogP contribution in [-0.4, -0.2) is 17.5 Å². The van der Waals surface area contributed by atoms with Gasteiger partial charge in [-0.05, 0) is 12.5 Å². The molecule has 24 heavy (non-hydrogen) atoms. The molecule has 134 valence electrons. The predicted octanol–water partition coefficient (Wildman–Crippen LogP) is 5.13. The van der Waals surface area contributed by atoms with E-state index in [0.29, 0.717) is 18.6 Å². The van der Waals surface area contributed by atoms with Crippen LogP contribution in [0.5, 0.6) is 0 Å².